The van der Waals surface area contributed by atoms with Gasteiger partial charge in [-0.3, -0.25) is 4.79 Å². The molecule has 5 heteroatoms. The molecule has 0 fully saturated rings. The highest BCUT2D eigenvalue weighted by molar-refractivity contribution is 8.00. The van der Waals surface area contributed by atoms with E-state index in [1.165, 1.54) is 11.8 Å². The molecular formula is C13H14N2O2S. The maximum Gasteiger partial charge on any atom is 0.313 e. The number of carbonyl (C=O) groups is 1. The molecule has 0 bridgehead atoms. The van der Waals surface area contributed by atoms with Crippen molar-refractivity contribution in [1.82, 2.24) is 9.78 Å². The molecule has 1 heterocycles. The molecule has 0 aliphatic heterocycles. The summed E-state index contributed by atoms with van der Waals surface area (Å²) in [7, 11) is 0. The summed E-state index contributed by atoms with van der Waals surface area (Å²) < 4.78 is 1.85. The van der Waals surface area contributed by atoms with Crippen molar-refractivity contribution in [3.8, 4) is 5.69 Å². The van der Waals surface area contributed by atoms with Crippen LogP contribution in [0.25, 0.3) is 5.69 Å². The lowest BCUT2D eigenvalue weighted by Crippen LogP contribution is -1.99. The first-order chi connectivity index (χ1) is 8.59. The third kappa shape index (κ3) is 2.56. The molecule has 1 aromatic carbocycles. The van der Waals surface area contributed by atoms with Gasteiger partial charge in [0, 0.05) is 0 Å². The first-order valence-corrected chi connectivity index (χ1v) is 6.54. The molecule has 18 heavy (non-hydrogen) atoms. The molecule has 2 rings (SSSR count). The maximum atomic E-state index is 10.6. The highest BCUT2D eigenvalue weighted by Crippen LogP contribution is 2.27. The van der Waals surface area contributed by atoms with Gasteiger partial charge in [0.25, 0.3) is 0 Å². The molecule has 0 radical (unpaired) electrons. The van der Waals surface area contributed by atoms with E-state index in [4.69, 9.17) is 5.11 Å². The van der Waals surface area contributed by atoms with Crippen LogP contribution in [-0.2, 0) is 4.79 Å². The number of carboxylic acid groups (broad SMARTS) is 1. The third-order valence-corrected chi connectivity index (χ3v) is 3.84. The molecule has 94 valence electrons. The lowest BCUT2D eigenvalue weighted by molar-refractivity contribution is -0.133. The first kappa shape index (κ1) is 12.7. The van der Waals surface area contributed by atoms with Crippen LogP contribution in [0.2, 0.25) is 0 Å². The fraction of sp³-hybridized carbons (Fsp3) is 0.231. The summed E-state index contributed by atoms with van der Waals surface area (Å²) in [6.07, 6.45) is 0. The molecule has 0 saturated heterocycles. The number of benzene rings is 1. The minimum absolute atomic E-state index is 0.0577. The lowest BCUT2D eigenvalue weighted by Gasteiger charge is -2.04. The Morgan fingerprint density at radius 3 is 2.61 bits per heavy atom. The zero-order chi connectivity index (χ0) is 13.1. The predicted octanol–water partition coefficient (Wildman–Crippen LogP) is 2.67. The van der Waals surface area contributed by atoms with Gasteiger partial charge < -0.3 is 5.11 Å². The van der Waals surface area contributed by atoms with Crippen molar-refractivity contribution in [3.05, 3.63) is 41.7 Å². The molecule has 1 N–H and O–H groups in total. The van der Waals surface area contributed by atoms with E-state index in [-0.39, 0.29) is 5.75 Å². The molecule has 0 aliphatic carbocycles. The van der Waals surface area contributed by atoms with Crippen molar-refractivity contribution in [1.29, 1.82) is 0 Å². The molecule has 2 aromatic rings. The van der Waals surface area contributed by atoms with E-state index < -0.39 is 5.97 Å². The van der Waals surface area contributed by atoms with Crippen molar-refractivity contribution in [2.75, 3.05) is 5.75 Å². The molecule has 0 saturated carbocycles. The van der Waals surface area contributed by atoms with Crippen LogP contribution in [0.3, 0.4) is 0 Å². The summed E-state index contributed by atoms with van der Waals surface area (Å²) in [5.41, 5.74) is 2.83. The van der Waals surface area contributed by atoms with Crippen LogP contribution in [0, 0.1) is 13.8 Å². The summed E-state index contributed by atoms with van der Waals surface area (Å²) in [4.78, 5) is 11.6. The van der Waals surface area contributed by atoms with E-state index in [2.05, 4.69) is 5.10 Å². The van der Waals surface area contributed by atoms with Crippen LogP contribution in [0.5, 0.6) is 0 Å². The summed E-state index contributed by atoms with van der Waals surface area (Å²) in [6, 6.07) is 9.82. The van der Waals surface area contributed by atoms with Crippen LogP contribution in [-0.4, -0.2) is 26.6 Å². The first-order valence-electron chi connectivity index (χ1n) is 5.56. The number of carboxylic acids is 1. The average Bonchev–Trinajstić information content (AvgIpc) is 2.63. The van der Waals surface area contributed by atoms with E-state index in [0.29, 0.717) is 0 Å². The normalized spacial score (nSPS) is 10.6. The molecule has 0 spiro atoms. The van der Waals surface area contributed by atoms with Crippen molar-refractivity contribution in [2.24, 2.45) is 0 Å². The van der Waals surface area contributed by atoms with Crippen LogP contribution >= 0.6 is 11.8 Å². The number of para-hydroxylation sites is 1. The Balaban J connectivity index is 2.35. The van der Waals surface area contributed by atoms with E-state index >= 15 is 0 Å². The predicted molar refractivity (Wildman–Crippen MR) is 71.4 cm³/mol. The minimum atomic E-state index is -0.814. The van der Waals surface area contributed by atoms with Crippen molar-refractivity contribution in [3.63, 3.8) is 0 Å². The van der Waals surface area contributed by atoms with Gasteiger partial charge in [-0.25, -0.2) is 4.68 Å². The Bertz CT molecular complexity index is 564. The highest BCUT2D eigenvalue weighted by atomic mass is 32.2. The molecule has 4 nitrogen and oxygen atoms in total. The fourth-order valence-electron chi connectivity index (χ4n) is 1.79. The minimum Gasteiger partial charge on any atom is -0.481 e. The van der Waals surface area contributed by atoms with E-state index in [1.54, 1.807) is 0 Å². The molecule has 0 unspecified atom stereocenters. The van der Waals surface area contributed by atoms with Gasteiger partial charge in [-0.2, -0.15) is 5.10 Å². The van der Waals surface area contributed by atoms with Gasteiger partial charge in [0.2, 0.25) is 0 Å². The van der Waals surface area contributed by atoms with Crippen LogP contribution < -0.4 is 0 Å². The smallest absolute Gasteiger partial charge is 0.313 e. The van der Waals surface area contributed by atoms with Crippen molar-refractivity contribution in [2.45, 2.75) is 18.7 Å². The molecule has 0 amide bonds. The number of aromatic nitrogens is 2. The van der Waals surface area contributed by atoms with E-state index in [1.807, 2.05) is 48.9 Å². The Hall–Kier alpha value is -1.75. The quantitative estimate of drug-likeness (QED) is 0.861. The van der Waals surface area contributed by atoms with Gasteiger partial charge in [0.1, 0.15) is 0 Å². The third-order valence-electron chi connectivity index (χ3n) is 2.57. The second-order valence-electron chi connectivity index (χ2n) is 3.93. The molecule has 1 aromatic heterocycles. The van der Waals surface area contributed by atoms with Crippen LogP contribution in [0.15, 0.2) is 35.2 Å². The van der Waals surface area contributed by atoms with Gasteiger partial charge in [-0.05, 0) is 26.0 Å². The number of aliphatic carboxylic acids is 1. The van der Waals surface area contributed by atoms with Gasteiger partial charge in [0.15, 0.2) is 0 Å². The molecular weight excluding hydrogens is 248 g/mol. The molecule has 0 atom stereocenters. The van der Waals surface area contributed by atoms with Gasteiger partial charge in [-0.1, -0.05) is 18.2 Å². The Morgan fingerprint density at radius 1 is 1.33 bits per heavy atom. The fourth-order valence-corrected chi connectivity index (χ4v) is 2.60. The Kier molecular flexibility index (Phi) is 3.72. The van der Waals surface area contributed by atoms with Gasteiger partial charge >= 0.3 is 5.97 Å². The van der Waals surface area contributed by atoms with Crippen molar-refractivity contribution >= 4 is 17.7 Å². The summed E-state index contributed by atoms with van der Waals surface area (Å²) in [5, 5.41) is 13.2. The van der Waals surface area contributed by atoms with Crippen molar-refractivity contribution < 1.29 is 9.90 Å². The SMILES string of the molecule is Cc1nn(-c2ccccc2)c(C)c1SCC(=O)O. The highest BCUT2D eigenvalue weighted by Gasteiger charge is 2.14. The monoisotopic (exact) mass is 262 g/mol. The number of aryl methyl sites for hydroxylation is 1. The number of thioether (sulfide) groups is 1. The molecule has 0 aliphatic rings. The van der Waals surface area contributed by atoms with E-state index in [9.17, 15) is 4.79 Å². The summed E-state index contributed by atoms with van der Waals surface area (Å²) in [5.74, 6) is -0.756. The van der Waals surface area contributed by atoms with Crippen LogP contribution in [0.4, 0.5) is 0 Å². The van der Waals surface area contributed by atoms with Crippen LogP contribution in [0.1, 0.15) is 11.4 Å². The average molecular weight is 262 g/mol. The van der Waals surface area contributed by atoms with Gasteiger partial charge in [-0.15, -0.1) is 11.8 Å². The Morgan fingerprint density at radius 2 is 2.00 bits per heavy atom. The van der Waals surface area contributed by atoms with Gasteiger partial charge in [0.05, 0.1) is 27.7 Å². The van der Waals surface area contributed by atoms with E-state index in [0.717, 1.165) is 22.0 Å². The topological polar surface area (TPSA) is 55.1 Å². The Labute approximate surface area is 110 Å². The summed E-state index contributed by atoms with van der Waals surface area (Å²) in [6.45, 7) is 3.85. The second kappa shape index (κ2) is 5.27. The second-order valence-corrected chi connectivity index (χ2v) is 4.92. The zero-order valence-electron chi connectivity index (χ0n) is 10.3. The zero-order valence-corrected chi connectivity index (χ0v) is 11.1. The number of hydrogen-bond acceptors (Lipinski definition) is 3. The largest absolute Gasteiger partial charge is 0.481 e. The number of rotatable bonds is 4. The standard InChI is InChI=1S/C13H14N2O2S/c1-9-13(18-8-12(16)17)10(2)15(14-9)11-6-4-3-5-7-11/h3-7H,8H2,1-2H3,(H,16,17). The summed E-state index contributed by atoms with van der Waals surface area (Å²) >= 11 is 1.31. The number of hydrogen-bond donors (Lipinski definition) is 1. The maximum absolute atomic E-state index is 10.6. The number of nitrogens with zero attached hydrogens (tertiary/aromatic N) is 2. The lowest BCUT2D eigenvalue weighted by atomic mass is 10.3.